The van der Waals surface area contributed by atoms with E-state index in [9.17, 15) is 9.59 Å². The topological polar surface area (TPSA) is 61.4 Å². The number of piperazine rings is 1. The average Bonchev–Trinajstić information content (AvgIpc) is 2.40. The number of benzene rings is 1. The van der Waals surface area contributed by atoms with Crippen LogP contribution in [-0.2, 0) is 4.79 Å². The molecule has 118 valence electrons. The standard InChI is InChI=1S/C14H19N3O2.2ClH/c1-11(18)12-4-2-3-5-13(12)16-14(19)10-17-8-6-15-7-9-17;;/h2-5,15H,6-10H2,1H3,(H,16,19);2*1H. The minimum atomic E-state index is -0.0735. The first-order valence-corrected chi connectivity index (χ1v) is 6.49. The van der Waals surface area contributed by atoms with Crippen LogP contribution in [0.1, 0.15) is 17.3 Å². The molecular formula is C14H21Cl2N3O2. The van der Waals surface area contributed by atoms with Crippen molar-refractivity contribution in [2.24, 2.45) is 0 Å². The van der Waals surface area contributed by atoms with Crippen molar-refractivity contribution in [1.82, 2.24) is 10.2 Å². The third-order valence-corrected chi connectivity index (χ3v) is 3.16. The molecule has 1 aliphatic heterocycles. The van der Waals surface area contributed by atoms with Gasteiger partial charge in [0.15, 0.2) is 5.78 Å². The number of para-hydroxylation sites is 1. The second-order valence-corrected chi connectivity index (χ2v) is 4.68. The molecule has 1 saturated heterocycles. The van der Waals surface area contributed by atoms with E-state index in [4.69, 9.17) is 0 Å². The van der Waals surface area contributed by atoms with Crippen LogP contribution in [0.4, 0.5) is 5.69 Å². The molecule has 0 atom stereocenters. The van der Waals surface area contributed by atoms with Gasteiger partial charge < -0.3 is 10.6 Å². The summed E-state index contributed by atoms with van der Waals surface area (Å²) in [5.41, 5.74) is 1.14. The lowest BCUT2D eigenvalue weighted by Crippen LogP contribution is -2.46. The highest BCUT2D eigenvalue weighted by molar-refractivity contribution is 6.04. The molecule has 0 bridgehead atoms. The highest BCUT2D eigenvalue weighted by Gasteiger charge is 2.15. The Morgan fingerprint density at radius 3 is 2.43 bits per heavy atom. The Balaban J connectivity index is 0.00000200. The number of nitrogens with zero attached hydrogens (tertiary/aromatic N) is 1. The van der Waals surface area contributed by atoms with Crippen molar-refractivity contribution in [2.75, 3.05) is 38.0 Å². The van der Waals surface area contributed by atoms with Gasteiger partial charge in [0.2, 0.25) is 5.91 Å². The number of halogens is 2. The molecule has 21 heavy (non-hydrogen) atoms. The smallest absolute Gasteiger partial charge is 0.238 e. The predicted molar refractivity (Wildman–Crippen MR) is 88.9 cm³/mol. The summed E-state index contributed by atoms with van der Waals surface area (Å²) in [6.07, 6.45) is 0. The molecule has 1 heterocycles. The quantitative estimate of drug-likeness (QED) is 0.821. The largest absolute Gasteiger partial charge is 0.324 e. The fourth-order valence-corrected chi connectivity index (χ4v) is 2.16. The van der Waals surface area contributed by atoms with Crippen molar-refractivity contribution in [1.29, 1.82) is 0 Å². The molecule has 2 rings (SSSR count). The Morgan fingerprint density at radius 1 is 1.19 bits per heavy atom. The van der Waals surface area contributed by atoms with Gasteiger partial charge in [-0.05, 0) is 19.1 Å². The molecule has 0 aliphatic carbocycles. The molecule has 7 heteroatoms. The van der Waals surface area contributed by atoms with Crippen LogP contribution in [0.2, 0.25) is 0 Å². The number of rotatable bonds is 4. The van der Waals surface area contributed by atoms with Crippen molar-refractivity contribution >= 4 is 42.2 Å². The van der Waals surface area contributed by atoms with Gasteiger partial charge in [0.05, 0.1) is 12.2 Å². The summed E-state index contributed by atoms with van der Waals surface area (Å²) in [6.45, 7) is 5.45. The van der Waals surface area contributed by atoms with Gasteiger partial charge in [-0.25, -0.2) is 0 Å². The van der Waals surface area contributed by atoms with Crippen molar-refractivity contribution in [3.8, 4) is 0 Å². The zero-order valence-corrected chi connectivity index (χ0v) is 13.6. The van der Waals surface area contributed by atoms with E-state index in [1.54, 1.807) is 18.2 Å². The molecule has 1 aromatic carbocycles. The number of carbonyl (C=O) groups is 2. The molecule has 5 nitrogen and oxygen atoms in total. The number of Topliss-reactive ketones (excluding diaryl/α,β-unsaturated/α-hetero) is 1. The molecule has 1 amide bonds. The van der Waals surface area contributed by atoms with Gasteiger partial charge in [-0.2, -0.15) is 0 Å². The van der Waals surface area contributed by atoms with Gasteiger partial charge in [0.1, 0.15) is 0 Å². The Morgan fingerprint density at radius 2 is 1.81 bits per heavy atom. The molecular weight excluding hydrogens is 313 g/mol. The summed E-state index contributed by atoms with van der Waals surface area (Å²) in [5, 5.41) is 6.06. The first-order valence-electron chi connectivity index (χ1n) is 6.49. The van der Waals surface area contributed by atoms with E-state index < -0.39 is 0 Å². The van der Waals surface area contributed by atoms with Gasteiger partial charge in [-0.15, -0.1) is 24.8 Å². The number of ketones is 1. The number of nitrogens with one attached hydrogen (secondary N) is 2. The summed E-state index contributed by atoms with van der Waals surface area (Å²) < 4.78 is 0. The first kappa shape index (κ1) is 19.9. The Bertz CT molecular complexity index is 477. The summed E-state index contributed by atoms with van der Waals surface area (Å²) >= 11 is 0. The number of hydrogen-bond acceptors (Lipinski definition) is 4. The zero-order valence-electron chi connectivity index (χ0n) is 11.9. The lowest BCUT2D eigenvalue weighted by atomic mass is 10.1. The SMILES string of the molecule is CC(=O)c1ccccc1NC(=O)CN1CCNCC1.Cl.Cl. The zero-order chi connectivity index (χ0) is 13.7. The van der Waals surface area contributed by atoms with Gasteiger partial charge in [0, 0.05) is 31.7 Å². The molecule has 1 aromatic rings. The van der Waals surface area contributed by atoms with E-state index in [0.29, 0.717) is 17.8 Å². The first-order chi connectivity index (χ1) is 9.16. The van der Waals surface area contributed by atoms with Gasteiger partial charge >= 0.3 is 0 Å². The summed E-state index contributed by atoms with van der Waals surface area (Å²) in [5.74, 6) is -0.117. The van der Waals surface area contributed by atoms with E-state index >= 15 is 0 Å². The van der Waals surface area contributed by atoms with Crippen molar-refractivity contribution < 1.29 is 9.59 Å². The Hall–Kier alpha value is -1.14. The fraction of sp³-hybridized carbons (Fsp3) is 0.429. The maximum absolute atomic E-state index is 12.0. The number of carbonyl (C=O) groups excluding carboxylic acids is 2. The summed E-state index contributed by atoms with van der Waals surface area (Å²) in [7, 11) is 0. The van der Waals surface area contributed by atoms with E-state index in [1.807, 2.05) is 6.07 Å². The summed E-state index contributed by atoms with van der Waals surface area (Å²) in [4.78, 5) is 25.5. The third kappa shape index (κ3) is 6.01. The van der Waals surface area contributed by atoms with Crippen molar-refractivity contribution in [3.63, 3.8) is 0 Å². The molecule has 0 unspecified atom stereocenters. The second kappa shape index (κ2) is 9.73. The van der Waals surface area contributed by atoms with Gasteiger partial charge in [-0.3, -0.25) is 14.5 Å². The second-order valence-electron chi connectivity index (χ2n) is 4.68. The molecule has 1 fully saturated rings. The van der Waals surface area contributed by atoms with Crippen LogP contribution in [0.25, 0.3) is 0 Å². The Labute approximate surface area is 137 Å². The highest BCUT2D eigenvalue weighted by atomic mass is 35.5. The lowest BCUT2D eigenvalue weighted by molar-refractivity contribution is -0.117. The highest BCUT2D eigenvalue weighted by Crippen LogP contribution is 2.15. The number of hydrogen-bond donors (Lipinski definition) is 2. The predicted octanol–water partition coefficient (Wildman–Crippen LogP) is 1.58. The minimum Gasteiger partial charge on any atom is -0.324 e. The number of amides is 1. The number of anilines is 1. The normalized spacial score (nSPS) is 14.5. The van der Waals surface area contributed by atoms with E-state index in [0.717, 1.165) is 26.2 Å². The molecule has 2 N–H and O–H groups in total. The third-order valence-electron chi connectivity index (χ3n) is 3.16. The van der Waals surface area contributed by atoms with Crippen molar-refractivity contribution in [2.45, 2.75) is 6.92 Å². The van der Waals surface area contributed by atoms with Gasteiger partial charge in [-0.1, -0.05) is 12.1 Å². The monoisotopic (exact) mass is 333 g/mol. The molecule has 0 spiro atoms. The Kier molecular flexibility index (Phi) is 9.21. The molecule has 1 aliphatic rings. The molecule has 0 saturated carbocycles. The van der Waals surface area contributed by atoms with Crippen LogP contribution in [0.5, 0.6) is 0 Å². The van der Waals surface area contributed by atoms with Crippen LogP contribution >= 0.6 is 24.8 Å². The molecule has 0 radical (unpaired) electrons. The van der Waals surface area contributed by atoms with Crippen LogP contribution in [0.15, 0.2) is 24.3 Å². The van der Waals surface area contributed by atoms with Gasteiger partial charge in [0.25, 0.3) is 0 Å². The maximum Gasteiger partial charge on any atom is 0.238 e. The van der Waals surface area contributed by atoms with E-state index in [-0.39, 0.29) is 36.5 Å². The van der Waals surface area contributed by atoms with E-state index in [2.05, 4.69) is 15.5 Å². The minimum absolute atomic E-state index is 0. The molecule has 0 aromatic heterocycles. The van der Waals surface area contributed by atoms with Crippen LogP contribution in [0, 0.1) is 0 Å². The van der Waals surface area contributed by atoms with Crippen LogP contribution in [0.3, 0.4) is 0 Å². The summed E-state index contributed by atoms with van der Waals surface area (Å²) in [6, 6.07) is 7.09. The maximum atomic E-state index is 12.0. The van der Waals surface area contributed by atoms with Crippen LogP contribution < -0.4 is 10.6 Å². The van der Waals surface area contributed by atoms with E-state index in [1.165, 1.54) is 6.92 Å². The lowest BCUT2D eigenvalue weighted by Gasteiger charge is -2.26. The van der Waals surface area contributed by atoms with Crippen molar-refractivity contribution in [3.05, 3.63) is 29.8 Å². The average molecular weight is 334 g/mol. The van der Waals surface area contributed by atoms with Crippen LogP contribution in [-0.4, -0.2) is 49.3 Å². The fourth-order valence-electron chi connectivity index (χ4n) is 2.16.